The zero-order valence-electron chi connectivity index (χ0n) is 12.6. The monoisotopic (exact) mass is 295 g/mol. The molecule has 4 heteroatoms. The summed E-state index contributed by atoms with van der Waals surface area (Å²) in [5.74, 6) is 1.36. The minimum Gasteiger partial charge on any atom is -0.454 e. The van der Waals surface area contributed by atoms with Crippen LogP contribution in [0.25, 0.3) is 6.08 Å². The van der Waals surface area contributed by atoms with E-state index >= 15 is 0 Å². The largest absolute Gasteiger partial charge is 0.454 e. The van der Waals surface area contributed by atoms with Crippen LogP contribution < -0.4 is 14.4 Å². The minimum absolute atomic E-state index is 0.0400. The highest BCUT2D eigenvalue weighted by Gasteiger charge is 2.15. The lowest BCUT2D eigenvalue weighted by molar-refractivity contribution is 0.104. The standard InChI is InChI=1S/C18H17NO3/c1-19(2)15-9-6-13(7-10-15)16(20)11-8-14-4-3-5-17-18(14)22-12-21-17/h3-11H,12H2,1-2H3. The zero-order valence-corrected chi connectivity index (χ0v) is 12.6. The van der Waals surface area contributed by atoms with Crippen molar-refractivity contribution >= 4 is 17.5 Å². The average molecular weight is 295 g/mol. The number of ketones is 1. The van der Waals surface area contributed by atoms with Gasteiger partial charge >= 0.3 is 0 Å². The number of hydrogen-bond acceptors (Lipinski definition) is 4. The number of ether oxygens (including phenoxy) is 2. The first-order valence-corrected chi connectivity index (χ1v) is 7.03. The van der Waals surface area contributed by atoms with Crippen LogP contribution in [-0.4, -0.2) is 26.7 Å². The Labute approximate surface area is 129 Å². The number of hydrogen-bond donors (Lipinski definition) is 0. The Morgan fingerprint density at radius 2 is 1.86 bits per heavy atom. The van der Waals surface area contributed by atoms with Gasteiger partial charge in [-0.3, -0.25) is 4.79 Å². The molecule has 0 spiro atoms. The van der Waals surface area contributed by atoms with E-state index in [9.17, 15) is 4.79 Å². The average Bonchev–Trinajstić information content (AvgIpc) is 3.01. The predicted molar refractivity (Wildman–Crippen MR) is 86.7 cm³/mol. The van der Waals surface area contributed by atoms with Crippen molar-refractivity contribution in [3.63, 3.8) is 0 Å². The summed E-state index contributed by atoms with van der Waals surface area (Å²) in [6, 6.07) is 13.1. The van der Waals surface area contributed by atoms with Crippen molar-refractivity contribution in [2.75, 3.05) is 25.8 Å². The van der Waals surface area contributed by atoms with Crippen LogP contribution in [0.4, 0.5) is 5.69 Å². The van der Waals surface area contributed by atoms with Gasteiger partial charge in [0.05, 0.1) is 0 Å². The highest BCUT2D eigenvalue weighted by Crippen LogP contribution is 2.35. The van der Waals surface area contributed by atoms with Crippen LogP contribution in [0.5, 0.6) is 11.5 Å². The summed E-state index contributed by atoms with van der Waals surface area (Å²) in [6.07, 6.45) is 3.32. The maximum Gasteiger partial charge on any atom is 0.231 e. The molecule has 0 amide bonds. The summed E-state index contributed by atoms with van der Waals surface area (Å²) in [5.41, 5.74) is 2.56. The van der Waals surface area contributed by atoms with Crippen molar-refractivity contribution in [3.05, 3.63) is 59.7 Å². The molecule has 0 atom stereocenters. The highest BCUT2D eigenvalue weighted by molar-refractivity contribution is 6.07. The number of fused-ring (bicyclic) bond motifs is 1. The fourth-order valence-electron chi connectivity index (χ4n) is 2.27. The fourth-order valence-corrected chi connectivity index (χ4v) is 2.27. The van der Waals surface area contributed by atoms with E-state index in [-0.39, 0.29) is 12.6 Å². The topological polar surface area (TPSA) is 38.8 Å². The van der Waals surface area contributed by atoms with E-state index in [1.165, 1.54) is 0 Å². The quantitative estimate of drug-likeness (QED) is 0.640. The van der Waals surface area contributed by atoms with Crippen molar-refractivity contribution in [1.29, 1.82) is 0 Å². The maximum absolute atomic E-state index is 12.2. The summed E-state index contributed by atoms with van der Waals surface area (Å²) in [7, 11) is 3.93. The van der Waals surface area contributed by atoms with E-state index in [1.54, 1.807) is 12.2 Å². The molecule has 1 heterocycles. The van der Waals surface area contributed by atoms with E-state index in [0.29, 0.717) is 17.1 Å². The Hall–Kier alpha value is -2.75. The number of rotatable bonds is 4. The molecule has 2 aromatic rings. The molecule has 0 saturated carbocycles. The molecule has 0 N–H and O–H groups in total. The molecule has 0 bridgehead atoms. The highest BCUT2D eigenvalue weighted by atomic mass is 16.7. The number of anilines is 1. The first-order chi connectivity index (χ1) is 10.6. The second kappa shape index (κ2) is 5.93. The van der Waals surface area contributed by atoms with Crippen molar-refractivity contribution in [3.8, 4) is 11.5 Å². The van der Waals surface area contributed by atoms with Gasteiger partial charge in [-0.15, -0.1) is 0 Å². The van der Waals surface area contributed by atoms with E-state index in [1.807, 2.05) is 61.5 Å². The molecular weight excluding hydrogens is 278 g/mol. The van der Waals surface area contributed by atoms with Gasteiger partial charge in [0.15, 0.2) is 17.3 Å². The summed E-state index contributed by atoms with van der Waals surface area (Å²) in [6.45, 7) is 0.222. The lowest BCUT2D eigenvalue weighted by Crippen LogP contribution is -2.08. The number of benzene rings is 2. The van der Waals surface area contributed by atoms with Gasteiger partial charge in [-0.05, 0) is 42.5 Å². The summed E-state index contributed by atoms with van der Waals surface area (Å²) < 4.78 is 10.7. The SMILES string of the molecule is CN(C)c1ccc(C(=O)C=Cc2cccc3c2OCO3)cc1. The van der Waals surface area contributed by atoms with Gasteiger partial charge in [-0.25, -0.2) is 0 Å². The second-order valence-corrected chi connectivity index (χ2v) is 5.22. The number of allylic oxidation sites excluding steroid dienone is 1. The molecule has 22 heavy (non-hydrogen) atoms. The van der Waals surface area contributed by atoms with Crippen LogP contribution in [0.3, 0.4) is 0 Å². The third-order valence-electron chi connectivity index (χ3n) is 3.51. The third-order valence-corrected chi connectivity index (χ3v) is 3.51. The lowest BCUT2D eigenvalue weighted by Gasteiger charge is -2.11. The molecule has 0 aromatic heterocycles. The van der Waals surface area contributed by atoms with E-state index < -0.39 is 0 Å². The lowest BCUT2D eigenvalue weighted by atomic mass is 10.1. The van der Waals surface area contributed by atoms with Crippen molar-refractivity contribution in [1.82, 2.24) is 0 Å². The molecule has 0 saturated heterocycles. The third kappa shape index (κ3) is 2.81. The molecular formula is C18H17NO3. The summed E-state index contributed by atoms with van der Waals surface area (Å²) in [5, 5.41) is 0. The maximum atomic E-state index is 12.2. The number of carbonyl (C=O) groups is 1. The molecule has 1 aliphatic heterocycles. The first kappa shape index (κ1) is 14.2. The number of carbonyl (C=O) groups excluding carboxylic acids is 1. The Bertz CT molecular complexity index is 718. The predicted octanol–water partition coefficient (Wildman–Crippen LogP) is 3.38. The summed E-state index contributed by atoms with van der Waals surface area (Å²) in [4.78, 5) is 14.2. The second-order valence-electron chi connectivity index (χ2n) is 5.22. The van der Waals surface area contributed by atoms with Crippen LogP contribution in [0.1, 0.15) is 15.9 Å². The van der Waals surface area contributed by atoms with Crippen LogP contribution in [0.2, 0.25) is 0 Å². The smallest absolute Gasteiger partial charge is 0.231 e. The molecule has 3 rings (SSSR count). The normalized spacial score (nSPS) is 12.6. The minimum atomic E-state index is -0.0400. The van der Waals surface area contributed by atoms with Gasteiger partial charge in [-0.1, -0.05) is 12.1 Å². The van der Waals surface area contributed by atoms with Crippen LogP contribution in [-0.2, 0) is 0 Å². The molecule has 1 aliphatic rings. The molecule has 0 aliphatic carbocycles. The van der Waals surface area contributed by atoms with Crippen molar-refractivity contribution in [2.45, 2.75) is 0 Å². The molecule has 0 fully saturated rings. The summed E-state index contributed by atoms with van der Waals surface area (Å²) >= 11 is 0. The first-order valence-electron chi connectivity index (χ1n) is 7.03. The molecule has 0 radical (unpaired) electrons. The van der Waals surface area contributed by atoms with E-state index in [4.69, 9.17) is 9.47 Å². The Morgan fingerprint density at radius 3 is 2.59 bits per heavy atom. The molecule has 2 aromatic carbocycles. The number of nitrogens with zero attached hydrogens (tertiary/aromatic N) is 1. The van der Waals surface area contributed by atoms with Gasteiger partial charge in [0, 0.05) is 30.9 Å². The van der Waals surface area contributed by atoms with Gasteiger partial charge < -0.3 is 14.4 Å². The van der Waals surface area contributed by atoms with Crippen molar-refractivity contribution < 1.29 is 14.3 Å². The van der Waals surface area contributed by atoms with Gasteiger partial charge in [0.1, 0.15) is 0 Å². The Morgan fingerprint density at radius 1 is 1.09 bits per heavy atom. The zero-order chi connectivity index (χ0) is 15.5. The Kier molecular flexibility index (Phi) is 3.83. The van der Waals surface area contributed by atoms with Crippen LogP contribution in [0.15, 0.2) is 48.5 Å². The van der Waals surface area contributed by atoms with Crippen LogP contribution >= 0.6 is 0 Å². The van der Waals surface area contributed by atoms with Gasteiger partial charge in [-0.2, -0.15) is 0 Å². The van der Waals surface area contributed by atoms with Crippen LogP contribution in [0, 0.1) is 0 Å². The molecule has 4 nitrogen and oxygen atoms in total. The van der Waals surface area contributed by atoms with Crippen molar-refractivity contribution in [2.24, 2.45) is 0 Å². The molecule has 112 valence electrons. The van der Waals surface area contributed by atoms with Gasteiger partial charge in [0.2, 0.25) is 6.79 Å². The van der Waals surface area contributed by atoms with Gasteiger partial charge in [0.25, 0.3) is 0 Å². The number of para-hydroxylation sites is 1. The van der Waals surface area contributed by atoms with E-state index in [0.717, 1.165) is 11.3 Å². The fraction of sp³-hybridized carbons (Fsp3) is 0.167. The molecule has 0 unspecified atom stereocenters. The van der Waals surface area contributed by atoms with E-state index in [2.05, 4.69) is 0 Å². The Balaban J connectivity index is 1.78.